The van der Waals surface area contributed by atoms with E-state index >= 15 is 0 Å². The zero-order chi connectivity index (χ0) is 14.4. The lowest BCUT2D eigenvalue weighted by molar-refractivity contribution is -0.487. The van der Waals surface area contributed by atoms with Gasteiger partial charge in [-0.3, -0.25) is 24.6 Å². The molecule has 0 aliphatic carbocycles. The molecule has 0 spiro atoms. The van der Waals surface area contributed by atoms with Gasteiger partial charge in [-0.2, -0.15) is 0 Å². The summed E-state index contributed by atoms with van der Waals surface area (Å²) in [6.07, 6.45) is 0. The summed E-state index contributed by atoms with van der Waals surface area (Å²) in [6, 6.07) is 3.35. The van der Waals surface area contributed by atoms with Crippen molar-refractivity contribution in [3.63, 3.8) is 0 Å². The Labute approximate surface area is 108 Å². The topological polar surface area (TPSA) is 80.5 Å². The molecule has 1 aromatic rings. The fraction of sp³-hybridized carbons (Fsp3) is 0.333. The van der Waals surface area contributed by atoms with Crippen molar-refractivity contribution >= 4 is 11.8 Å². The van der Waals surface area contributed by atoms with Gasteiger partial charge in [0.2, 0.25) is 12.5 Å². The third kappa shape index (κ3) is 1.87. The first-order chi connectivity index (χ1) is 8.77. The summed E-state index contributed by atoms with van der Waals surface area (Å²) < 4.78 is 13.3. The van der Waals surface area contributed by atoms with Crippen LogP contribution >= 0.6 is 0 Å². The van der Waals surface area contributed by atoms with Crippen molar-refractivity contribution in [3.05, 3.63) is 45.3 Å². The molecular formula is C12H11FN2O4. The van der Waals surface area contributed by atoms with E-state index in [-0.39, 0.29) is 11.1 Å². The zero-order valence-corrected chi connectivity index (χ0v) is 10.3. The van der Waals surface area contributed by atoms with Crippen molar-refractivity contribution in [2.45, 2.75) is 12.3 Å². The molecule has 0 bridgehead atoms. The number of benzene rings is 1. The van der Waals surface area contributed by atoms with Crippen molar-refractivity contribution in [1.29, 1.82) is 0 Å². The van der Waals surface area contributed by atoms with E-state index in [0.717, 1.165) is 17.0 Å². The van der Waals surface area contributed by atoms with Gasteiger partial charge in [0.25, 0.3) is 5.91 Å². The van der Waals surface area contributed by atoms with Crippen LogP contribution in [0.15, 0.2) is 18.2 Å². The van der Waals surface area contributed by atoms with Crippen molar-refractivity contribution < 1.29 is 18.9 Å². The summed E-state index contributed by atoms with van der Waals surface area (Å²) in [7, 11) is 1.26. The van der Waals surface area contributed by atoms with Gasteiger partial charge in [-0.25, -0.2) is 4.39 Å². The van der Waals surface area contributed by atoms with E-state index in [0.29, 0.717) is 0 Å². The molecular weight excluding hydrogens is 255 g/mol. The van der Waals surface area contributed by atoms with Gasteiger partial charge >= 0.3 is 0 Å². The predicted octanol–water partition coefficient (Wildman–Crippen LogP) is 0.972. The highest BCUT2D eigenvalue weighted by molar-refractivity contribution is 6.12. The number of carbonyl (C=O) groups is 2. The van der Waals surface area contributed by atoms with Crippen LogP contribution in [0.25, 0.3) is 0 Å². The molecule has 0 radical (unpaired) electrons. The van der Waals surface area contributed by atoms with E-state index in [1.807, 2.05) is 0 Å². The first-order valence-corrected chi connectivity index (χ1v) is 5.51. The van der Waals surface area contributed by atoms with Gasteiger partial charge in [0.05, 0.1) is 0 Å². The lowest BCUT2D eigenvalue weighted by Crippen LogP contribution is -2.54. The van der Waals surface area contributed by atoms with Crippen LogP contribution in [0.3, 0.4) is 0 Å². The smallest absolute Gasteiger partial charge is 0.260 e. The molecule has 6 nitrogen and oxygen atoms in total. The van der Waals surface area contributed by atoms with Gasteiger partial charge in [0.15, 0.2) is 0 Å². The fourth-order valence-corrected chi connectivity index (χ4v) is 2.33. The first kappa shape index (κ1) is 13.1. The molecule has 1 aromatic carbocycles. The van der Waals surface area contributed by atoms with Gasteiger partial charge in [0.1, 0.15) is 11.2 Å². The summed E-state index contributed by atoms with van der Waals surface area (Å²) in [4.78, 5) is 35.0. The fourth-order valence-electron chi connectivity index (χ4n) is 2.33. The highest BCUT2D eigenvalue weighted by atomic mass is 19.1. The van der Waals surface area contributed by atoms with E-state index in [4.69, 9.17) is 0 Å². The van der Waals surface area contributed by atoms with Gasteiger partial charge < -0.3 is 0 Å². The minimum atomic E-state index is -1.54. The number of likely N-dealkylation sites (N-methyl/N-ethyl adjacent to an activating group) is 1. The maximum atomic E-state index is 13.3. The zero-order valence-electron chi connectivity index (χ0n) is 10.3. The molecule has 2 amide bonds. The largest absolute Gasteiger partial charge is 0.281 e. The number of rotatable bonds is 2. The van der Waals surface area contributed by atoms with Crippen LogP contribution in [0.2, 0.25) is 0 Å². The molecule has 19 heavy (non-hydrogen) atoms. The number of carbonyl (C=O) groups excluding carboxylic acids is 2. The number of hydrogen-bond acceptors (Lipinski definition) is 4. The third-order valence-corrected chi connectivity index (χ3v) is 3.33. The minimum absolute atomic E-state index is 0.0669. The lowest BCUT2D eigenvalue weighted by atomic mass is 9.75. The van der Waals surface area contributed by atoms with E-state index in [9.17, 15) is 24.1 Å². The number of amides is 2. The van der Waals surface area contributed by atoms with Crippen LogP contribution in [-0.4, -0.2) is 35.2 Å². The summed E-state index contributed by atoms with van der Waals surface area (Å²) in [5, 5.41) is 10.8. The number of nitro groups is 1. The molecule has 0 saturated heterocycles. The van der Waals surface area contributed by atoms with E-state index in [2.05, 4.69) is 0 Å². The van der Waals surface area contributed by atoms with Crippen molar-refractivity contribution in [3.8, 4) is 0 Å². The molecule has 1 heterocycles. The summed E-state index contributed by atoms with van der Waals surface area (Å²) in [6.45, 7) is 0.652. The predicted molar refractivity (Wildman–Crippen MR) is 62.7 cm³/mol. The molecule has 1 aliphatic heterocycles. The van der Waals surface area contributed by atoms with Crippen LogP contribution in [0.4, 0.5) is 4.39 Å². The van der Waals surface area contributed by atoms with Gasteiger partial charge in [0, 0.05) is 17.5 Å². The Morgan fingerprint density at radius 3 is 2.63 bits per heavy atom. The Morgan fingerprint density at radius 1 is 1.42 bits per heavy atom. The van der Waals surface area contributed by atoms with Crippen LogP contribution in [-0.2, 0) is 10.2 Å². The Balaban J connectivity index is 2.70. The normalized spacial score (nSPS) is 22.4. The lowest BCUT2D eigenvalue weighted by Gasteiger charge is -2.35. The third-order valence-electron chi connectivity index (χ3n) is 3.33. The standard InChI is InChI=1S/C12H11FN2O4/c1-12(6-15(18)19)9-5-7(13)3-4-8(9)10(16)14(2)11(12)17/h3-5H,6H2,1-2H3. The van der Waals surface area contributed by atoms with Crippen LogP contribution in [0.5, 0.6) is 0 Å². The number of imide groups is 1. The minimum Gasteiger partial charge on any atom is -0.281 e. The average Bonchev–Trinajstić information content (AvgIpc) is 2.33. The Hall–Kier alpha value is -2.31. The molecule has 0 N–H and O–H groups in total. The molecule has 1 aliphatic rings. The van der Waals surface area contributed by atoms with Crippen molar-refractivity contribution in [1.82, 2.24) is 4.90 Å². The van der Waals surface area contributed by atoms with Crippen molar-refractivity contribution in [2.75, 3.05) is 13.6 Å². The second-order valence-corrected chi connectivity index (χ2v) is 4.68. The highest BCUT2D eigenvalue weighted by Gasteiger charge is 2.49. The van der Waals surface area contributed by atoms with Gasteiger partial charge in [-0.1, -0.05) is 0 Å². The number of fused-ring (bicyclic) bond motifs is 1. The first-order valence-electron chi connectivity index (χ1n) is 5.51. The highest BCUT2D eigenvalue weighted by Crippen LogP contribution is 2.34. The summed E-state index contributed by atoms with van der Waals surface area (Å²) in [5.41, 5.74) is -1.35. The van der Waals surface area contributed by atoms with Gasteiger partial charge in [-0.15, -0.1) is 0 Å². The monoisotopic (exact) mass is 266 g/mol. The Kier molecular flexibility index (Phi) is 2.84. The number of hydrogen-bond donors (Lipinski definition) is 0. The molecule has 0 aromatic heterocycles. The summed E-state index contributed by atoms with van der Waals surface area (Å²) >= 11 is 0. The van der Waals surface area contributed by atoms with E-state index in [1.165, 1.54) is 20.0 Å². The molecule has 100 valence electrons. The van der Waals surface area contributed by atoms with Crippen LogP contribution in [0, 0.1) is 15.9 Å². The van der Waals surface area contributed by atoms with Gasteiger partial charge in [-0.05, 0) is 30.7 Å². The summed E-state index contributed by atoms with van der Waals surface area (Å²) in [5.74, 6) is -1.92. The maximum Gasteiger partial charge on any atom is 0.260 e. The van der Waals surface area contributed by atoms with E-state index < -0.39 is 34.5 Å². The van der Waals surface area contributed by atoms with Crippen LogP contribution < -0.4 is 0 Å². The van der Waals surface area contributed by atoms with E-state index in [1.54, 1.807) is 0 Å². The molecule has 1 unspecified atom stereocenters. The second-order valence-electron chi connectivity index (χ2n) is 4.68. The maximum absolute atomic E-state index is 13.3. The molecule has 2 rings (SSSR count). The van der Waals surface area contributed by atoms with Crippen molar-refractivity contribution in [2.24, 2.45) is 0 Å². The number of nitrogens with zero attached hydrogens (tertiary/aromatic N) is 2. The second kappa shape index (κ2) is 4.11. The molecule has 1 atom stereocenters. The molecule has 0 fully saturated rings. The Morgan fingerprint density at radius 2 is 2.05 bits per heavy atom. The Bertz CT molecular complexity index is 601. The average molecular weight is 266 g/mol. The quantitative estimate of drug-likeness (QED) is 0.454. The SMILES string of the molecule is CN1C(=O)c2ccc(F)cc2C(C)(C[N+](=O)[O-])C1=O. The van der Waals surface area contributed by atoms with Crippen LogP contribution in [0.1, 0.15) is 22.8 Å². The number of halogens is 1. The molecule has 0 saturated carbocycles. The molecule has 7 heteroatoms.